The Hall–Kier alpha value is -2.07. The van der Waals surface area contributed by atoms with E-state index in [4.69, 9.17) is 4.74 Å². The van der Waals surface area contributed by atoms with Gasteiger partial charge in [0.05, 0.1) is 12.2 Å². The Morgan fingerprint density at radius 1 is 1.30 bits per heavy atom. The summed E-state index contributed by atoms with van der Waals surface area (Å²) in [6.45, 7) is 2.61. The maximum absolute atomic E-state index is 6.02. The number of nitrogens with zero attached hydrogens (tertiary/aromatic N) is 2. The van der Waals surface area contributed by atoms with Crippen LogP contribution in [0.1, 0.15) is 5.56 Å². The lowest BCUT2D eigenvalue weighted by atomic mass is 10.2. The zero-order valence-corrected chi connectivity index (χ0v) is 11.6. The molecule has 1 aromatic carbocycles. The Balaban J connectivity index is 1.57. The van der Waals surface area contributed by atoms with Crippen LogP contribution in [-0.2, 0) is 6.54 Å². The van der Waals surface area contributed by atoms with Crippen LogP contribution in [0.4, 0.5) is 5.69 Å². The summed E-state index contributed by atoms with van der Waals surface area (Å²) < 4.78 is 6.02. The van der Waals surface area contributed by atoms with E-state index in [1.165, 1.54) is 5.56 Å². The van der Waals surface area contributed by atoms with Crippen molar-refractivity contribution >= 4 is 5.69 Å². The van der Waals surface area contributed by atoms with Crippen LogP contribution in [0.2, 0.25) is 0 Å². The first-order valence-corrected chi connectivity index (χ1v) is 6.88. The number of fused-ring (bicyclic) bond motifs is 1. The van der Waals surface area contributed by atoms with Crippen LogP contribution in [-0.4, -0.2) is 36.1 Å². The summed E-state index contributed by atoms with van der Waals surface area (Å²) in [5.41, 5.74) is 2.30. The fourth-order valence-electron chi connectivity index (χ4n) is 2.48. The number of pyridine rings is 1. The Kier molecular flexibility index (Phi) is 3.83. The molecule has 0 amide bonds. The quantitative estimate of drug-likeness (QED) is 0.924. The molecule has 0 aliphatic carbocycles. The van der Waals surface area contributed by atoms with Gasteiger partial charge in [0.25, 0.3) is 0 Å². The Morgan fingerprint density at radius 3 is 3.05 bits per heavy atom. The van der Waals surface area contributed by atoms with E-state index in [-0.39, 0.29) is 6.10 Å². The van der Waals surface area contributed by atoms with Crippen LogP contribution in [0.3, 0.4) is 0 Å². The van der Waals surface area contributed by atoms with E-state index in [1.807, 2.05) is 36.5 Å². The topological polar surface area (TPSA) is 37.4 Å². The van der Waals surface area contributed by atoms with Crippen molar-refractivity contribution in [2.75, 3.05) is 25.5 Å². The number of hydrogen-bond donors (Lipinski definition) is 1. The van der Waals surface area contributed by atoms with Crippen molar-refractivity contribution in [2.45, 2.75) is 12.6 Å². The fraction of sp³-hybridized carbons (Fsp3) is 0.312. The first kappa shape index (κ1) is 12.9. The molecule has 1 aliphatic heterocycles. The van der Waals surface area contributed by atoms with Crippen molar-refractivity contribution in [3.63, 3.8) is 0 Å². The molecule has 2 aromatic rings. The molecule has 0 radical (unpaired) electrons. The normalized spacial score (nSPS) is 17.2. The first-order valence-electron chi connectivity index (χ1n) is 6.88. The van der Waals surface area contributed by atoms with Crippen LogP contribution in [0.5, 0.6) is 5.75 Å². The van der Waals surface area contributed by atoms with Crippen molar-refractivity contribution in [2.24, 2.45) is 0 Å². The maximum Gasteiger partial charge on any atom is 0.142 e. The third-order valence-electron chi connectivity index (χ3n) is 3.39. The number of aromatic nitrogens is 1. The smallest absolute Gasteiger partial charge is 0.142 e. The summed E-state index contributed by atoms with van der Waals surface area (Å²) in [6.07, 6.45) is 3.88. The predicted octanol–water partition coefficient (Wildman–Crippen LogP) is 2.39. The average molecular weight is 269 g/mol. The SMILES string of the molecule is CN(Cc1cccnc1)CC1CNc2ccccc2O1. The molecule has 1 aliphatic rings. The summed E-state index contributed by atoms with van der Waals surface area (Å²) in [4.78, 5) is 6.41. The van der Waals surface area contributed by atoms with Crippen LogP contribution < -0.4 is 10.1 Å². The number of anilines is 1. The third kappa shape index (κ3) is 3.08. The van der Waals surface area contributed by atoms with E-state index in [2.05, 4.69) is 28.3 Å². The molecule has 0 saturated heterocycles. The van der Waals surface area contributed by atoms with Gasteiger partial charge < -0.3 is 10.1 Å². The molecule has 4 nitrogen and oxygen atoms in total. The summed E-state index contributed by atoms with van der Waals surface area (Å²) in [5, 5.41) is 3.42. The fourth-order valence-corrected chi connectivity index (χ4v) is 2.48. The first-order chi connectivity index (χ1) is 9.81. The minimum atomic E-state index is 0.173. The Morgan fingerprint density at radius 2 is 2.20 bits per heavy atom. The lowest BCUT2D eigenvalue weighted by molar-refractivity contribution is 0.148. The maximum atomic E-state index is 6.02. The van der Waals surface area contributed by atoms with Gasteiger partial charge in [-0.2, -0.15) is 0 Å². The number of likely N-dealkylation sites (N-methyl/N-ethyl adjacent to an activating group) is 1. The summed E-state index contributed by atoms with van der Waals surface area (Å²) in [6, 6.07) is 12.1. The van der Waals surface area contributed by atoms with Gasteiger partial charge in [0.1, 0.15) is 11.9 Å². The Labute approximate surface area is 119 Å². The molecule has 2 heterocycles. The molecule has 1 aromatic heterocycles. The van der Waals surface area contributed by atoms with Crippen molar-refractivity contribution in [1.82, 2.24) is 9.88 Å². The van der Waals surface area contributed by atoms with Crippen LogP contribution >= 0.6 is 0 Å². The standard InChI is InChI=1S/C16H19N3O/c1-19(11-13-5-4-8-17-9-13)12-14-10-18-15-6-2-3-7-16(15)20-14/h2-9,14,18H,10-12H2,1H3. The zero-order chi connectivity index (χ0) is 13.8. The van der Waals surface area contributed by atoms with Gasteiger partial charge in [0, 0.05) is 25.5 Å². The van der Waals surface area contributed by atoms with Gasteiger partial charge in [0.15, 0.2) is 0 Å². The molecule has 1 unspecified atom stereocenters. The highest BCUT2D eigenvalue weighted by Crippen LogP contribution is 2.28. The predicted molar refractivity (Wildman–Crippen MR) is 79.9 cm³/mol. The van der Waals surface area contributed by atoms with E-state index in [0.29, 0.717) is 0 Å². The number of hydrogen-bond acceptors (Lipinski definition) is 4. The Bertz CT molecular complexity index is 559. The van der Waals surface area contributed by atoms with Gasteiger partial charge in [0.2, 0.25) is 0 Å². The monoisotopic (exact) mass is 269 g/mol. The summed E-state index contributed by atoms with van der Waals surface area (Å²) in [7, 11) is 2.11. The molecule has 0 fully saturated rings. The van der Waals surface area contributed by atoms with Gasteiger partial charge in [-0.25, -0.2) is 0 Å². The molecule has 4 heteroatoms. The van der Waals surface area contributed by atoms with E-state index in [1.54, 1.807) is 6.20 Å². The molecular weight excluding hydrogens is 250 g/mol. The minimum Gasteiger partial charge on any atom is -0.485 e. The lowest BCUT2D eigenvalue weighted by Crippen LogP contribution is -2.40. The average Bonchev–Trinajstić information content (AvgIpc) is 2.48. The molecule has 0 saturated carbocycles. The van der Waals surface area contributed by atoms with Crippen LogP contribution in [0, 0.1) is 0 Å². The third-order valence-corrected chi connectivity index (χ3v) is 3.39. The van der Waals surface area contributed by atoms with Crippen LogP contribution in [0.25, 0.3) is 0 Å². The second-order valence-corrected chi connectivity index (χ2v) is 5.17. The molecular formula is C16H19N3O. The van der Waals surface area contributed by atoms with Gasteiger partial charge in [-0.1, -0.05) is 18.2 Å². The number of nitrogens with one attached hydrogen (secondary N) is 1. The molecule has 1 N–H and O–H groups in total. The summed E-state index contributed by atoms with van der Waals surface area (Å²) >= 11 is 0. The largest absolute Gasteiger partial charge is 0.485 e. The van der Waals surface area contributed by atoms with Gasteiger partial charge >= 0.3 is 0 Å². The molecule has 1 atom stereocenters. The van der Waals surface area contributed by atoms with Crippen LogP contribution in [0.15, 0.2) is 48.8 Å². The highest BCUT2D eigenvalue weighted by atomic mass is 16.5. The lowest BCUT2D eigenvalue weighted by Gasteiger charge is -2.30. The van der Waals surface area contributed by atoms with E-state index in [9.17, 15) is 0 Å². The molecule has 0 spiro atoms. The second-order valence-electron chi connectivity index (χ2n) is 5.17. The van der Waals surface area contributed by atoms with E-state index >= 15 is 0 Å². The van der Waals surface area contributed by atoms with Gasteiger partial charge in [-0.3, -0.25) is 9.88 Å². The summed E-state index contributed by atoms with van der Waals surface area (Å²) in [5.74, 6) is 0.943. The molecule has 104 valence electrons. The molecule has 0 bridgehead atoms. The minimum absolute atomic E-state index is 0.173. The number of ether oxygens (including phenoxy) is 1. The molecule has 20 heavy (non-hydrogen) atoms. The van der Waals surface area contributed by atoms with Gasteiger partial charge in [-0.05, 0) is 30.8 Å². The molecule has 3 rings (SSSR count). The van der Waals surface area contributed by atoms with E-state index < -0.39 is 0 Å². The zero-order valence-electron chi connectivity index (χ0n) is 11.6. The number of benzene rings is 1. The van der Waals surface area contributed by atoms with Gasteiger partial charge in [-0.15, -0.1) is 0 Å². The number of rotatable bonds is 4. The van der Waals surface area contributed by atoms with Crippen molar-refractivity contribution < 1.29 is 4.74 Å². The highest BCUT2D eigenvalue weighted by Gasteiger charge is 2.20. The second kappa shape index (κ2) is 5.92. The van der Waals surface area contributed by atoms with Crippen molar-refractivity contribution in [1.29, 1.82) is 0 Å². The van der Waals surface area contributed by atoms with Crippen molar-refractivity contribution in [3.05, 3.63) is 54.4 Å². The van der Waals surface area contributed by atoms with Crippen molar-refractivity contribution in [3.8, 4) is 5.75 Å². The number of para-hydroxylation sites is 2. The van der Waals surface area contributed by atoms with E-state index in [0.717, 1.165) is 31.1 Å². The highest BCUT2D eigenvalue weighted by molar-refractivity contribution is 5.57.